The summed E-state index contributed by atoms with van der Waals surface area (Å²) in [6.45, 7) is 2.23. The Hall–Kier alpha value is -1.85. The summed E-state index contributed by atoms with van der Waals surface area (Å²) in [5.41, 5.74) is 5.00. The van der Waals surface area contributed by atoms with Crippen molar-refractivity contribution in [2.75, 3.05) is 18.4 Å². The van der Waals surface area contributed by atoms with Crippen LogP contribution >= 0.6 is 0 Å². The highest BCUT2D eigenvalue weighted by Crippen LogP contribution is 2.37. The number of amidine groups is 1. The second kappa shape index (κ2) is 5.16. The minimum Gasteiger partial charge on any atom is -0.451 e. The second-order valence-corrected chi connectivity index (χ2v) is 5.87. The number of ether oxygens (including phenoxy) is 1. The fraction of sp³-hybridized carbons (Fsp3) is 0.533. The van der Waals surface area contributed by atoms with Crippen molar-refractivity contribution < 1.29 is 13.5 Å². The summed E-state index contributed by atoms with van der Waals surface area (Å²) < 4.78 is 33.7. The van der Waals surface area contributed by atoms with E-state index in [0.29, 0.717) is 5.92 Å². The molecule has 0 bridgehead atoms. The monoisotopic (exact) mass is 295 g/mol. The molecule has 4 nitrogen and oxygen atoms in total. The van der Waals surface area contributed by atoms with Crippen molar-refractivity contribution in [2.45, 2.75) is 31.5 Å². The van der Waals surface area contributed by atoms with Crippen LogP contribution in [0.2, 0.25) is 0 Å². The number of hydrogen-bond donors (Lipinski definition) is 2. The van der Waals surface area contributed by atoms with Gasteiger partial charge in [0.25, 0.3) is 6.02 Å². The molecule has 3 rings (SSSR count). The van der Waals surface area contributed by atoms with E-state index in [4.69, 9.17) is 10.5 Å². The summed E-state index contributed by atoms with van der Waals surface area (Å²) in [6.07, 6.45) is 1.00. The average molecular weight is 295 g/mol. The van der Waals surface area contributed by atoms with E-state index in [9.17, 15) is 8.78 Å². The number of nitrogens with zero attached hydrogens (tertiary/aromatic N) is 1. The summed E-state index contributed by atoms with van der Waals surface area (Å²) in [4.78, 5) is 3.71. The molecule has 1 aliphatic heterocycles. The molecule has 0 unspecified atom stereocenters. The topological polar surface area (TPSA) is 59.6 Å². The smallest absolute Gasteiger partial charge is 0.283 e. The van der Waals surface area contributed by atoms with Crippen molar-refractivity contribution >= 4 is 11.7 Å². The molecular formula is C15H19F2N3O. The minimum absolute atomic E-state index is 0.109. The molecule has 0 amide bonds. The number of anilines is 1. The molecule has 2 aliphatic rings. The van der Waals surface area contributed by atoms with E-state index in [1.807, 2.05) is 0 Å². The van der Waals surface area contributed by atoms with Gasteiger partial charge in [0.15, 0.2) is 11.8 Å². The van der Waals surface area contributed by atoms with E-state index >= 15 is 0 Å². The maximum atomic E-state index is 14.3. The zero-order valence-electron chi connectivity index (χ0n) is 11.9. The Bertz CT molecular complexity index is 574. The Morgan fingerprint density at radius 2 is 2.24 bits per heavy atom. The van der Waals surface area contributed by atoms with Crippen molar-refractivity contribution in [1.29, 1.82) is 0 Å². The molecular weight excluding hydrogens is 276 g/mol. The molecule has 3 N–H and O–H groups in total. The highest BCUT2D eigenvalue weighted by atomic mass is 19.1. The summed E-state index contributed by atoms with van der Waals surface area (Å²) in [6, 6.07) is 4.47. The molecule has 1 saturated carbocycles. The van der Waals surface area contributed by atoms with E-state index < -0.39 is 17.6 Å². The van der Waals surface area contributed by atoms with Crippen LogP contribution in [0.4, 0.5) is 14.5 Å². The number of nitrogens with one attached hydrogen (secondary N) is 1. The lowest BCUT2D eigenvalue weighted by Crippen LogP contribution is -2.46. The molecule has 6 heteroatoms. The molecule has 1 aromatic rings. The van der Waals surface area contributed by atoms with Gasteiger partial charge in [-0.25, -0.2) is 13.8 Å². The van der Waals surface area contributed by atoms with Crippen LogP contribution < -0.4 is 11.1 Å². The van der Waals surface area contributed by atoms with E-state index in [-0.39, 0.29) is 18.1 Å². The van der Waals surface area contributed by atoms with E-state index in [1.54, 1.807) is 12.1 Å². The highest BCUT2D eigenvalue weighted by Gasteiger charge is 2.44. The Balaban J connectivity index is 1.88. The van der Waals surface area contributed by atoms with E-state index in [0.717, 1.165) is 12.2 Å². The Labute approximate surface area is 122 Å². The van der Waals surface area contributed by atoms with Crippen LogP contribution in [0, 0.1) is 11.7 Å². The number of aliphatic imine (C=N–C) groups is 1. The molecule has 0 aromatic heterocycles. The molecule has 1 fully saturated rings. The first-order valence-electron chi connectivity index (χ1n) is 7.16. The molecule has 2 atom stereocenters. The number of halogens is 2. The van der Waals surface area contributed by atoms with Crippen LogP contribution in [-0.2, 0) is 10.3 Å². The molecule has 0 radical (unpaired) electrons. The Morgan fingerprint density at radius 1 is 1.48 bits per heavy atom. The first-order chi connectivity index (χ1) is 9.99. The maximum Gasteiger partial charge on any atom is 0.283 e. The fourth-order valence-electron chi connectivity index (χ4n) is 2.48. The Morgan fingerprint density at radius 3 is 2.95 bits per heavy atom. The van der Waals surface area contributed by atoms with Gasteiger partial charge in [0.05, 0.1) is 6.54 Å². The van der Waals surface area contributed by atoms with E-state index in [1.165, 1.54) is 25.8 Å². The lowest BCUT2D eigenvalue weighted by Gasteiger charge is -2.36. The van der Waals surface area contributed by atoms with Gasteiger partial charge in [0, 0.05) is 17.8 Å². The minimum atomic E-state index is -1.45. The number of hydrogen-bond acceptors (Lipinski definition) is 4. The van der Waals surface area contributed by atoms with Gasteiger partial charge in [0.2, 0.25) is 0 Å². The normalized spacial score (nSPS) is 28.7. The van der Waals surface area contributed by atoms with Gasteiger partial charge < -0.3 is 15.8 Å². The summed E-state index contributed by atoms with van der Waals surface area (Å²) in [5.74, 6) is 0.184. The number of alkyl halides is 1. The fourth-order valence-corrected chi connectivity index (χ4v) is 2.48. The first-order valence-corrected chi connectivity index (χ1v) is 7.16. The lowest BCUT2D eigenvalue weighted by molar-refractivity contribution is -0.0231. The zero-order chi connectivity index (χ0) is 15.0. The zero-order valence-corrected chi connectivity index (χ0v) is 11.9. The molecule has 21 heavy (non-hydrogen) atoms. The van der Waals surface area contributed by atoms with Gasteiger partial charge in [-0.15, -0.1) is 0 Å². The SMILES string of the molecule is C[C@]1(c2cc(NCC3CC3)ccc2F)OC(N)=NC[C@H]1F. The van der Waals surface area contributed by atoms with Crippen LogP contribution in [0.3, 0.4) is 0 Å². The quantitative estimate of drug-likeness (QED) is 0.897. The Kier molecular flexibility index (Phi) is 3.47. The van der Waals surface area contributed by atoms with Gasteiger partial charge in [-0.1, -0.05) is 0 Å². The average Bonchev–Trinajstić information content (AvgIpc) is 3.26. The summed E-state index contributed by atoms with van der Waals surface area (Å²) in [7, 11) is 0. The third kappa shape index (κ3) is 2.80. The molecule has 1 aliphatic carbocycles. The van der Waals surface area contributed by atoms with Crippen molar-refractivity contribution in [1.82, 2.24) is 0 Å². The highest BCUT2D eigenvalue weighted by molar-refractivity contribution is 5.73. The molecule has 0 spiro atoms. The molecule has 1 heterocycles. The third-order valence-electron chi connectivity index (χ3n) is 4.11. The number of benzene rings is 1. The number of nitrogens with two attached hydrogens (primary N) is 1. The van der Waals surface area contributed by atoms with Crippen LogP contribution in [0.15, 0.2) is 23.2 Å². The lowest BCUT2D eigenvalue weighted by atomic mass is 9.89. The van der Waals surface area contributed by atoms with Crippen LogP contribution in [0.25, 0.3) is 0 Å². The predicted octanol–water partition coefficient (Wildman–Crippen LogP) is 2.55. The molecule has 0 saturated heterocycles. The van der Waals surface area contributed by atoms with Gasteiger partial charge >= 0.3 is 0 Å². The van der Waals surface area contributed by atoms with Crippen molar-refractivity contribution in [3.8, 4) is 0 Å². The number of rotatable bonds is 4. The largest absolute Gasteiger partial charge is 0.451 e. The van der Waals surface area contributed by atoms with Crippen LogP contribution in [-0.4, -0.2) is 25.3 Å². The molecule has 1 aromatic carbocycles. The second-order valence-electron chi connectivity index (χ2n) is 5.87. The van der Waals surface area contributed by atoms with E-state index in [2.05, 4.69) is 10.3 Å². The summed E-state index contributed by atoms with van der Waals surface area (Å²) in [5, 5.41) is 3.25. The standard InChI is InChI=1S/C15H19F2N3O/c1-15(13(17)8-20-14(18)21-15)11-6-10(4-5-12(11)16)19-7-9-2-3-9/h4-6,9,13,19H,2-3,7-8H2,1H3,(H2,18,20)/t13-,15-/m1/s1. The predicted molar refractivity (Wildman–Crippen MR) is 77.4 cm³/mol. The van der Waals surface area contributed by atoms with Gasteiger partial charge in [-0.05, 0) is 43.9 Å². The van der Waals surface area contributed by atoms with Gasteiger partial charge in [-0.3, -0.25) is 0 Å². The third-order valence-corrected chi connectivity index (χ3v) is 4.11. The maximum absolute atomic E-state index is 14.3. The van der Waals surface area contributed by atoms with Crippen molar-refractivity contribution in [2.24, 2.45) is 16.6 Å². The molecule has 114 valence electrons. The van der Waals surface area contributed by atoms with Crippen molar-refractivity contribution in [3.05, 3.63) is 29.6 Å². The van der Waals surface area contributed by atoms with Gasteiger partial charge in [0.1, 0.15) is 5.82 Å². The van der Waals surface area contributed by atoms with Crippen LogP contribution in [0.5, 0.6) is 0 Å². The van der Waals surface area contributed by atoms with Crippen LogP contribution in [0.1, 0.15) is 25.3 Å². The van der Waals surface area contributed by atoms with Crippen molar-refractivity contribution in [3.63, 3.8) is 0 Å². The first kappa shape index (κ1) is 14.1. The summed E-state index contributed by atoms with van der Waals surface area (Å²) >= 11 is 0. The van der Waals surface area contributed by atoms with Gasteiger partial charge in [-0.2, -0.15) is 0 Å².